The van der Waals surface area contributed by atoms with Crippen molar-refractivity contribution in [1.29, 1.82) is 0 Å². The predicted molar refractivity (Wildman–Crippen MR) is 87.5 cm³/mol. The van der Waals surface area contributed by atoms with E-state index in [0.717, 1.165) is 16.5 Å². The fourth-order valence-electron chi connectivity index (χ4n) is 1.84. The summed E-state index contributed by atoms with van der Waals surface area (Å²) in [4.78, 5) is 13.7. The van der Waals surface area contributed by atoms with Crippen molar-refractivity contribution < 1.29 is 15.0 Å². The zero-order valence-corrected chi connectivity index (χ0v) is 13.0. The summed E-state index contributed by atoms with van der Waals surface area (Å²) in [5.41, 5.74) is 12.8. The molecule has 122 valence electrons. The number of aliphatic hydroxyl groups is 1. The Labute approximate surface area is 130 Å². The largest absolute Gasteiger partial charge is 0.480 e. The number of carbonyl (C=O) groups is 1. The molecule has 0 aliphatic rings. The highest BCUT2D eigenvalue weighted by Gasteiger charge is 2.14. The first kappa shape index (κ1) is 18.2. The van der Waals surface area contributed by atoms with Crippen molar-refractivity contribution in [1.82, 2.24) is 4.98 Å². The Morgan fingerprint density at radius 3 is 2.41 bits per heavy atom. The number of carboxylic acid groups (broad SMARTS) is 1. The lowest BCUT2D eigenvalue weighted by Crippen LogP contribution is -2.32. The van der Waals surface area contributed by atoms with E-state index in [4.69, 9.17) is 21.7 Å². The van der Waals surface area contributed by atoms with Gasteiger partial charge in [-0.3, -0.25) is 4.79 Å². The second-order valence-electron chi connectivity index (χ2n) is 5.60. The van der Waals surface area contributed by atoms with Crippen LogP contribution in [-0.4, -0.2) is 39.9 Å². The van der Waals surface area contributed by atoms with Gasteiger partial charge in [0.2, 0.25) is 0 Å². The fourth-order valence-corrected chi connectivity index (χ4v) is 1.84. The molecule has 2 atom stereocenters. The maximum absolute atomic E-state index is 10.6. The van der Waals surface area contributed by atoms with E-state index in [0.29, 0.717) is 12.3 Å². The first-order valence-electron chi connectivity index (χ1n) is 7.26. The number of hydrogen-bond donors (Lipinski definition) is 5. The number of fused-ring (bicyclic) bond motifs is 1. The molecule has 6 nitrogen and oxygen atoms in total. The topological polar surface area (TPSA) is 125 Å². The molecule has 2 unspecified atom stereocenters. The average Bonchev–Trinajstić information content (AvgIpc) is 2.90. The van der Waals surface area contributed by atoms with Crippen molar-refractivity contribution in [2.75, 3.05) is 6.61 Å². The highest BCUT2D eigenvalue weighted by Crippen LogP contribution is 2.18. The molecule has 0 radical (unpaired) electrons. The number of H-pyrrole nitrogens is 1. The van der Waals surface area contributed by atoms with Gasteiger partial charge in [-0.2, -0.15) is 0 Å². The molecular weight excluding hydrogens is 282 g/mol. The molecule has 1 aromatic heterocycles. The highest BCUT2D eigenvalue weighted by atomic mass is 16.4. The van der Waals surface area contributed by atoms with Crippen LogP contribution in [0.1, 0.15) is 19.4 Å². The molecule has 2 aromatic rings. The fraction of sp³-hybridized carbons (Fsp3) is 0.438. The molecule has 0 aliphatic carbocycles. The number of aliphatic carboxylic acids is 1. The van der Waals surface area contributed by atoms with Gasteiger partial charge in [-0.15, -0.1) is 0 Å². The van der Waals surface area contributed by atoms with Gasteiger partial charge in [-0.1, -0.05) is 32.0 Å². The van der Waals surface area contributed by atoms with Gasteiger partial charge < -0.3 is 26.7 Å². The van der Waals surface area contributed by atoms with Crippen LogP contribution in [0.3, 0.4) is 0 Å². The van der Waals surface area contributed by atoms with Gasteiger partial charge in [0.05, 0.1) is 6.61 Å². The van der Waals surface area contributed by atoms with Gasteiger partial charge >= 0.3 is 5.97 Å². The first-order chi connectivity index (χ1) is 10.4. The normalized spacial score (nSPS) is 13.5. The van der Waals surface area contributed by atoms with E-state index in [1.807, 2.05) is 44.3 Å². The minimum atomic E-state index is -0.972. The van der Waals surface area contributed by atoms with Crippen molar-refractivity contribution in [3.63, 3.8) is 0 Å². The molecule has 0 saturated carbocycles. The molecule has 2 rings (SSSR count). The SMILES string of the molecule is CC(C)C(N)CO.NC(Cc1c[nH]c2ccccc12)C(=O)O. The maximum atomic E-state index is 10.6. The number of carboxylic acids is 1. The van der Waals surface area contributed by atoms with Crippen LogP contribution in [0.5, 0.6) is 0 Å². The van der Waals surface area contributed by atoms with Crippen LogP contribution in [0.25, 0.3) is 10.9 Å². The van der Waals surface area contributed by atoms with Crippen LogP contribution in [0.15, 0.2) is 30.5 Å². The molecular formula is C16H25N3O3. The van der Waals surface area contributed by atoms with Crippen LogP contribution in [0, 0.1) is 5.92 Å². The van der Waals surface area contributed by atoms with E-state index in [1.54, 1.807) is 0 Å². The van der Waals surface area contributed by atoms with E-state index in [9.17, 15) is 4.79 Å². The van der Waals surface area contributed by atoms with Crippen molar-refractivity contribution in [2.45, 2.75) is 32.4 Å². The minimum Gasteiger partial charge on any atom is -0.480 e. The summed E-state index contributed by atoms with van der Waals surface area (Å²) in [6.45, 7) is 4.07. The molecule has 0 amide bonds. The van der Waals surface area contributed by atoms with E-state index in [1.165, 1.54) is 0 Å². The number of aromatic nitrogens is 1. The third kappa shape index (κ3) is 5.14. The molecule has 0 fully saturated rings. The summed E-state index contributed by atoms with van der Waals surface area (Å²) in [6.07, 6.45) is 2.16. The Morgan fingerprint density at radius 1 is 1.27 bits per heavy atom. The van der Waals surface area contributed by atoms with Crippen LogP contribution >= 0.6 is 0 Å². The average molecular weight is 307 g/mol. The number of para-hydroxylation sites is 1. The first-order valence-corrected chi connectivity index (χ1v) is 7.26. The van der Waals surface area contributed by atoms with Crippen molar-refractivity contribution in [2.24, 2.45) is 17.4 Å². The molecule has 1 heterocycles. The smallest absolute Gasteiger partial charge is 0.320 e. The van der Waals surface area contributed by atoms with E-state index >= 15 is 0 Å². The third-order valence-electron chi connectivity index (χ3n) is 3.50. The van der Waals surface area contributed by atoms with E-state index in [-0.39, 0.29) is 12.6 Å². The zero-order valence-electron chi connectivity index (χ0n) is 13.0. The quantitative estimate of drug-likeness (QED) is 0.565. The van der Waals surface area contributed by atoms with Crippen molar-refractivity contribution in [3.05, 3.63) is 36.0 Å². The van der Waals surface area contributed by atoms with Gasteiger partial charge in [-0.05, 0) is 17.5 Å². The number of aliphatic hydroxyl groups excluding tert-OH is 1. The second kappa shape index (κ2) is 8.53. The van der Waals surface area contributed by atoms with Gasteiger partial charge in [0.25, 0.3) is 0 Å². The zero-order chi connectivity index (χ0) is 16.7. The summed E-state index contributed by atoms with van der Waals surface area (Å²) in [7, 11) is 0. The molecule has 7 N–H and O–H groups in total. The number of hydrogen-bond acceptors (Lipinski definition) is 4. The van der Waals surface area contributed by atoms with Gasteiger partial charge in [0.15, 0.2) is 0 Å². The molecule has 0 saturated heterocycles. The minimum absolute atomic E-state index is 0.0417. The monoisotopic (exact) mass is 307 g/mol. The Kier molecular flexibility index (Phi) is 7.04. The third-order valence-corrected chi connectivity index (χ3v) is 3.50. The predicted octanol–water partition coefficient (Wildman–Crippen LogP) is 1.08. The summed E-state index contributed by atoms with van der Waals surface area (Å²) in [5, 5.41) is 18.1. The number of aromatic amines is 1. The molecule has 22 heavy (non-hydrogen) atoms. The lowest BCUT2D eigenvalue weighted by molar-refractivity contribution is -0.138. The van der Waals surface area contributed by atoms with Gasteiger partial charge in [0, 0.05) is 29.6 Å². The van der Waals surface area contributed by atoms with Crippen LogP contribution in [-0.2, 0) is 11.2 Å². The van der Waals surface area contributed by atoms with Crippen LogP contribution < -0.4 is 11.5 Å². The Hall–Kier alpha value is -1.89. The molecule has 1 aromatic carbocycles. The summed E-state index contributed by atoms with van der Waals surface area (Å²) >= 11 is 0. The summed E-state index contributed by atoms with van der Waals surface area (Å²) in [5.74, 6) is -0.578. The van der Waals surface area contributed by atoms with Crippen LogP contribution in [0.4, 0.5) is 0 Å². The summed E-state index contributed by atoms with van der Waals surface area (Å²) < 4.78 is 0. The lowest BCUT2D eigenvalue weighted by Gasteiger charge is -2.10. The Balaban J connectivity index is 0.000000295. The second-order valence-corrected chi connectivity index (χ2v) is 5.60. The summed E-state index contributed by atoms with van der Waals surface area (Å²) in [6, 6.07) is 6.87. The molecule has 0 aliphatic heterocycles. The Morgan fingerprint density at radius 2 is 1.91 bits per heavy atom. The standard InChI is InChI=1S/C11H12N2O2.C5H13NO/c12-9(11(14)15)5-7-6-13-10-4-2-1-3-8(7)10;1-4(2)5(6)3-7/h1-4,6,9,13H,5,12H2,(H,14,15);4-5,7H,3,6H2,1-2H3. The lowest BCUT2D eigenvalue weighted by atomic mass is 10.1. The number of nitrogens with two attached hydrogens (primary N) is 2. The molecule has 0 bridgehead atoms. The Bertz CT molecular complexity index is 595. The van der Waals surface area contributed by atoms with Gasteiger partial charge in [-0.25, -0.2) is 0 Å². The molecule has 6 heteroatoms. The highest BCUT2D eigenvalue weighted by molar-refractivity contribution is 5.84. The van der Waals surface area contributed by atoms with E-state index in [2.05, 4.69) is 4.98 Å². The van der Waals surface area contributed by atoms with Crippen LogP contribution in [0.2, 0.25) is 0 Å². The maximum Gasteiger partial charge on any atom is 0.320 e. The van der Waals surface area contributed by atoms with Crippen molar-refractivity contribution >= 4 is 16.9 Å². The van der Waals surface area contributed by atoms with Gasteiger partial charge in [0.1, 0.15) is 6.04 Å². The number of benzene rings is 1. The van der Waals surface area contributed by atoms with Crippen molar-refractivity contribution in [3.8, 4) is 0 Å². The molecule has 0 spiro atoms. The number of rotatable bonds is 5. The number of nitrogens with one attached hydrogen (secondary N) is 1. The van der Waals surface area contributed by atoms with E-state index < -0.39 is 12.0 Å².